The molecule has 0 spiro atoms. The molecule has 0 saturated heterocycles. The molecule has 0 radical (unpaired) electrons. The Morgan fingerprint density at radius 3 is 2.43 bits per heavy atom. The molecule has 0 aliphatic carbocycles. The van der Waals surface area contributed by atoms with Crippen LogP contribution in [0.5, 0.6) is 0 Å². The highest BCUT2D eigenvalue weighted by Crippen LogP contribution is 2.18. The van der Waals surface area contributed by atoms with Crippen molar-refractivity contribution in [2.75, 3.05) is 13.1 Å². The van der Waals surface area contributed by atoms with Crippen LogP contribution in [-0.2, 0) is 4.79 Å². The third-order valence-electron chi connectivity index (χ3n) is 1.59. The quantitative estimate of drug-likeness (QED) is 0.650. The van der Waals surface area contributed by atoms with E-state index < -0.39 is 12.6 Å². The Kier molecular flexibility index (Phi) is 6.27. The second-order valence-corrected chi connectivity index (χ2v) is 2.96. The van der Waals surface area contributed by atoms with Crippen molar-refractivity contribution in [1.29, 1.82) is 0 Å². The molecule has 84 valence electrons. The van der Waals surface area contributed by atoms with Gasteiger partial charge in [0, 0.05) is 13.0 Å². The summed E-state index contributed by atoms with van der Waals surface area (Å²) in [6.07, 6.45) is -3.60. The van der Waals surface area contributed by atoms with Crippen molar-refractivity contribution in [3.05, 3.63) is 0 Å². The zero-order chi connectivity index (χ0) is 11.0. The number of rotatable bonds is 6. The summed E-state index contributed by atoms with van der Waals surface area (Å²) in [7, 11) is 0. The average molecular weight is 212 g/mol. The van der Waals surface area contributed by atoms with Gasteiger partial charge < -0.3 is 11.1 Å². The van der Waals surface area contributed by atoms with Crippen molar-refractivity contribution in [3.63, 3.8) is 0 Å². The van der Waals surface area contributed by atoms with Gasteiger partial charge in [-0.1, -0.05) is 0 Å². The van der Waals surface area contributed by atoms with Crippen LogP contribution in [0, 0.1) is 0 Å². The zero-order valence-corrected chi connectivity index (χ0v) is 7.86. The topological polar surface area (TPSA) is 55.1 Å². The molecule has 0 unspecified atom stereocenters. The van der Waals surface area contributed by atoms with Crippen LogP contribution in [0.3, 0.4) is 0 Å². The van der Waals surface area contributed by atoms with E-state index in [1.54, 1.807) is 0 Å². The second kappa shape index (κ2) is 6.64. The highest BCUT2D eigenvalue weighted by Gasteiger charge is 2.26. The van der Waals surface area contributed by atoms with Crippen LogP contribution < -0.4 is 11.1 Å². The number of halogens is 3. The average Bonchev–Trinajstić information content (AvgIpc) is 2.02. The summed E-state index contributed by atoms with van der Waals surface area (Å²) >= 11 is 0. The predicted molar refractivity (Wildman–Crippen MR) is 46.6 cm³/mol. The van der Waals surface area contributed by atoms with Crippen LogP contribution in [0.15, 0.2) is 0 Å². The molecule has 0 aromatic heterocycles. The first-order chi connectivity index (χ1) is 6.45. The maximum absolute atomic E-state index is 11.6. The van der Waals surface area contributed by atoms with E-state index in [1.165, 1.54) is 0 Å². The minimum atomic E-state index is -4.20. The van der Waals surface area contributed by atoms with Gasteiger partial charge in [-0.2, -0.15) is 13.2 Å². The number of carbonyl (C=O) groups is 1. The van der Waals surface area contributed by atoms with E-state index in [0.29, 0.717) is 19.4 Å². The largest absolute Gasteiger partial charge is 0.390 e. The van der Waals surface area contributed by atoms with Gasteiger partial charge in [0.25, 0.3) is 0 Å². The summed E-state index contributed by atoms with van der Waals surface area (Å²) in [5, 5.41) is 2.20. The molecule has 14 heavy (non-hydrogen) atoms. The van der Waals surface area contributed by atoms with E-state index in [4.69, 9.17) is 5.73 Å². The van der Waals surface area contributed by atoms with E-state index in [-0.39, 0.29) is 18.9 Å². The van der Waals surface area contributed by atoms with Crippen LogP contribution in [0.25, 0.3) is 0 Å². The first-order valence-corrected chi connectivity index (χ1v) is 4.49. The molecule has 0 fully saturated rings. The van der Waals surface area contributed by atoms with E-state index in [0.717, 1.165) is 0 Å². The summed E-state index contributed by atoms with van der Waals surface area (Å²) in [5.41, 5.74) is 5.19. The van der Waals surface area contributed by atoms with Gasteiger partial charge in [0.15, 0.2) is 0 Å². The van der Waals surface area contributed by atoms with Gasteiger partial charge in [-0.05, 0) is 19.4 Å². The Morgan fingerprint density at radius 1 is 1.29 bits per heavy atom. The lowest BCUT2D eigenvalue weighted by Crippen LogP contribution is -2.27. The Morgan fingerprint density at radius 2 is 1.93 bits per heavy atom. The summed E-state index contributed by atoms with van der Waals surface area (Å²) in [5.74, 6) is -0.345. The second-order valence-electron chi connectivity index (χ2n) is 2.96. The standard InChI is InChI=1S/C8H15F3N2O/c9-8(10,11)4-6-13-7(14)3-1-2-5-12/h1-6,12H2,(H,13,14). The first kappa shape index (κ1) is 13.2. The summed E-state index contributed by atoms with van der Waals surface area (Å²) in [6.45, 7) is 0.154. The smallest absolute Gasteiger partial charge is 0.356 e. The Balaban J connectivity index is 3.36. The number of nitrogens with one attached hydrogen (secondary N) is 1. The normalized spacial score (nSPS) is 11.4. The van der Waals surface area contributed by atoms with Gasteiger partial charge in [0.05, 0.1) is 6.42 Å². The maximum atomic E-state index is 11.6. The summed E-state index contributed by atoms with van der Waals surface area (Å²) in [4.78, 5) is 10.9. The number of nitrogens with two attached hydrogens (primary N) is 1. The molecular weight excluding hydrogens is 197 g/mol. The molecular formula is C8H15F3N2O. The van der Waals surface area contributed by atoms with Crippen LogP contribution >= 0.6 is 0 Å². The molecule has 0 rings (SSSR count). The molecule has 0 bridgehead atoms. The Bertz CT molecular complexity index is 170. The third-order valence-corrected chi connectivity index (χ3v) is 1.59. The summed E-state index contributed by atoms with van der Waals surface area (Å²) < 4.78 is 34.9. The van der Waals surface area contributed by atoms with Crippen molar-refractivity contribution >= 4 is 5.91 Å². The molecule has 0 atom stereocenters. The molecule has 0 aromatic rings. The van der Waals surface area contributed by atoms with Gasteiger partial charge >= 0.3 is 6.18 Å². The lowest BCUT2D eigenvalue weighted by atomic mass is 10.2. The van der Waals surface area contributed by atoms with Crippen molar-refractivity contribution in [1.82, 2.24) is 5.32 Å². The number of unbranched alkanes of at least 4 members (excludes halogenated alkanes) is 1. The fourth-order valence-corrected chi connectivity index (χ4v) is 0.862. The van der Waals surface area contributed by atoms with Gasteiger partial charge in [-0.3, -0.25) is 4.79 Å². The van der Waals surface area contributed by atoms with Gasteiger partial charge in [-0.25, -0.2) is 0 Å². The van der Waals surface area contributed by atoms with Crippen LogP contribution in [0.4, 0.5) is 13.2 Å². The van der Waals surface area contributed by atoms with Gasteiger partial charge in [0.2, 0.25) is 5.91 Å². The summed E-state index contributed by atoms with van der Waals surface area (Å²) in [6, 6.07) is 0. The SMILES string of the molecule is NCCCCC(=O)NCCC(F)(F)F. The van der Waals surface area contributed by atoms with Crippen molar-refractivity contribution in [2.45, 2.75) is 31.9 Å². The lowest BCUT2D eigenvalue weighted by molar-refractivity contribution is -0.135. The van der Waals surface area contributed by atoms with Gasteiger partial charge in [-0.15, -0.1) is 0 Å². The fourth-order valence-electron chi connectivity index (χ4n) is 0.862. The van der Waals surface area contributed by atoms with Crippen molar-refractivity contribution in [2.24, 2.45) is 5.73 Å². The minimum absolute atomic E-state index is 0.245. The molecule has 1 amide bonds. The highest BCUT2D eigenvalue weighted by molar-refractivity contribution is 5.75. The first-order valence-electron chi connectivity index (χ1n) is 4.49. The molecule has 0 aliphatic heterocycles. The van der Waals surface area contributed by atoms with Crippen LogP contribution in [0.2, 0.25) is 0 Å². The molecule has 0 aromatic carbocycles. The molecule has 6 heteroatoms. The Hall–Kier alpha value is -0.780. The molecule has 0 heterocycles. The minimum Gasteiger partial charge on any atom is -0.356 e. The van der Waals surface area contributed by atoms with E-state index in [1.807, 2.05) is 0 Å². The Labute approximate surface area is 80.8 Å². The zero-order valence-electron chi connectivity index (χ0n) is 7.86. The number of alkyl halides is 3. The predicted octanol–water partition coefficient (Wildman–Crippen LogP) is 1.18. The molecule has 0 saturated carbocycles. The van der Waals surface area contributed by atoms with E-state index in [9.17, 15) is 18.0 Å². The number of carbonyl (C=O) groups excluding carboxylic acids is 1. The van der Waals surface area contributed by atoms with Crippen molar-refractivity contribution < 1.29 is 18.0 Å². The monoisotopic (exact) mass is 212 g/mol. The number of hydrogen-bond acceptors (Lipinski definition) is 2. The van der Waals surface area contributed by atoms with Crippen LogP contribution in [0.1, 0.15) is 25.7 Å². The fraction of sp³-hybridized carbons (Fsp3) is 0.875. The molecule has 0 aliphatic rings. The van der Waals surface area contributed by atoms with Crippen molar-refractivity contribution in [3.8, 4) is 0 Å². The maximum Gasteiger partial charge on any atom is 0.390 e. The highest BCUT2D eigenvalue weighted by atomic mass is 19.4. The third kappa shape index (κ3) is 9.31. The molecule has 3 nitrogen and oxygen atoms in total. The number of hydrogen-bond donors (Lipinski definition) is 2. The number of amides is 1. The van der Waals surface area contributed by atoms with E-state index >= 15 is 0 Å². The van der Waals surface area contributed by atoms with E-state index in [2.05, 4.69) is 5.32 Å². The van der Waals surface area contributed by atoms with Gasteiger partial charge in [0.1, 0.15) is 0 Å². The molecule has 3 N–H and O–H groups in total. The van der Waals surface area contributed by atoms with Crippen LogP contribution in [-0.4, -0.2) is 25.2 Å². The lowest BCUT2D eigenvalue weighted by Gasteiger charge is -2.07.